The molecule has 2 aromatic rings. The van der Waals surface area contributed by atoms with Crippen LogP contribution in [-0.4, -0.2) is 48.3 Å². The molecular formula is C24H30N2O. The van der Waals surface area contributed by atoms with E-state index in [-0.39, 0.29) is 5.78 Å². The number of nitrogens with zero attached hydrogens (tertiary/aromatic N) is 2. The van der Waals surface area contributed by atoms with Crippen LogP contribution in [-0.2, 0) is 11.3 Å². The second-order valence-electron chi connectivity index (χ2n) is 7.46. The zero-order valence-corrected chi connectivity index (χ0v) is 16.5. The number of carbonyl (C=O) groups excluding carboxylic acids is 1. The van der Waals surface area contributed by atoms with Gasteiger partial charge >= 0.3 is 0 Å². The zero-order valence-electron chi connectivity index (χ0n) is 16.5. The normalized spacial score (nSPS) is 16.4. The summed E-state index contributed by atoms with van der Waals surface area (Å²) >= 11 is 0. The quantitative estimate of drug-likeness (QED) is 0.691. The van der Waals surface area contributed by atoms with Crippen molar-refractivity contribution >= 4 is 11.9 Å². The van der Waals surface area contributed by atoms with Gasteiger partial charge in [0.1, 0.15) is 0 Å². The van der Waals surface area contributed by atoms with Crippen molar-refractivity contribution in [3.63, 3.8) is 0 Å². The summed E-state index contributed by atoms with van der Waals surface area (Å²) in [6.45, 7) is 10.1. The number of benzene rings is 2. The highest BCUT2D eigenvalue weighted by Gasteiger charge is 2.17. The summed E-state index contributed by atoms with van der Waals surface area (Å²) in [4.78, 5) is 17.4. The standard InChI is InChI=1S/C24H30N2O/c1-20-8-6-7-11-23(20)18-21(2)24(27)12-13-25-14-16-26(17-15-25)19-22-9-4-3-5-10-22/h3-11,18H,12-17,19H2,1-2H3/b21-18+. The van der Waals surface area contributed by atoms with Crippen molar-refractivity contribution in [2.75, 3.05) is 32.7 Å². The average Bonchev–Trinajstić information content (AvgIpc) is 2.69. The van der Waals surface area contributed by atoms with Crippen molar-refractivity contribution < 1.29 is 4.79 Å². The smallest absolute Gasteiger partial charge is 0.159 e. The molecule has 3 heteroatoms. The van der Waals surface area contributed by atoms with Crippen LogP contribution in [0.15, 0.2) is 60.2 Å². The first-order valence-electron chi connectivity index (χ1n) is 9.87. The summed E-state index contributed by atoms with van der Waals surface area (Å²) < 4.78 is 0. The van der Waals surface area contributed by atoms with E-state index in [1.54, 1.807) is 0 Å². The first-order valence-corrected chi connectivity index (χ1v) is 9.87. The maximum atomic E-state index is 12.5. The molecule has 0 aromatic heterocycles. The largest absolute Gasteiger partial charge is 0.300 e. The van der Waals surface area contributed by atoms with Gasteiger partial charge in [-0.3, -0.25) is 9.69 Å². The van der Waals surface area contributed by atoms with Crippen molar-refractivity contribution in [1.29, 1.82) is 0 Å². The Morgan fingerprint density at radius 3 is 2.26 bits per heavy atom. The molecule has 0 atom stereocenters. The number of hydrogen-bond acceptors (Lipinski definition) is 3. The molecule has 0 radical (unpaired) electrons. The summed E-state index contributed by atoms with van der Waals surface area (Å²) in [5.41, 5.74) is 4.57. The lowest BCUT2D eigenvalue weighted by atomic mass is 10.0. The van der Waals surface area contributed by atoms with Gasteiger partial charge in [0.15, 0.2) is 5.78 Å². The van der Waals surface area contributed by atoms with Crippen LogP contribution in [0.2, 0.25) is 0 Å². The Labute approximate surface area is 163 Å². The van der Waals surface area contributed by atoms with E-state index < -0.39 is 0 Å². The molecule has 3 nitrogen and oxygen atoms in total. The van der Waals surface area contributed by atoms with E-state index in [1.165, 1.54) is 11.1 Å². The Bertz CT molecular complexity index is 774. The van der Waals surface area contributed by atoms with Crippen LogP contribution in [0.5, 0.6) is 0 Å². The topological polar surface area (TPSA) is 23.6 Å². The van der Waals surface area contributed by atoms with E-state index in [4.69, 9.17) is 0 Å². The highest BCUT2D eigenvalue weighted by molar-refractivity contribution is 5.99. The lowest BCUT2D eigenvalue weighted by Gasteiger charge is -2.34. The van der Waals surface area contributed by atoms with Gasteiger partial charge in [-0.25, -0.2) is 0 Å². The molecule has 1 heterocycles. The fourth-order valence-electron chi connectivity index (χ4n) is 3.53. The number of aryl methyl sites for hydroxylation is 1. The second-order valence-corrected chi connectivity index (χ2v) is 7.46. The lowest BCUT2D eigenvalue weighted by Crippen LogP contribution is -2.46. The third-order valence-corrected chi connectivity index (χ3v) is 5.37. The molecule has 0 spiro atoms. The molecule has 142 valence electrons. The molecule has 1 aliphatic rings. The molecule has 3 rings (SSSR count). The molecule has 0 bridgehead atoms. The Hall–Kier alpha value is -2.23. The average molecular weight is 363 g/mol. The highest BCUT2D eigenvalue weighted by atomic mass is 16.1. The van der Waals surface area contributed by atoms with Crippen molar-refractivity contribution in [2.45, 2.75) is 26.8 Å². The van der Waals surface area contributed by atoms with Crippen LogP contribution < -0.4 is 0 Å². The molecule has 0 N–H and O–H groups in total. The number of piperazine rings is 1. The van der Waals surface area contributed by atoms with Gasteiger partial charge in [-0.05, 0) is 42.2 Å². The molecule has 0 amide bonds. The molecule has 2 aromatic carbocycles. The Kier molecular flexibility index (Phi) is 6.97. The molecule has 0 saturated carbocycles. The van der Waals surface area contributed by atoms with Crippen LogP contribution in [0.3, 0.4) is 0 Å². The minimum Gasteiger partial charge on any atom is -0.300 e. The van der Waals surface area contributed by atoms with E-state index in [0.717, 1.165) is 50.4 Å². The minimum atomic E-state index is 0.255. The van der Waals surface area contributed by atoms with E-state index in [9.17, 15) is 4.79 Å². The van der Waals surface area contributed by atoms with Gasteiger partial charge < -0.3 is 4.90 Å². The second kappa shape index (κ2) is 9.63. The van der Waals surface area contributed by atoms with Crippen molar-refractivity contribution in [2.24, 2.45) is 0 Å². The molecule has 27 heavy (non-hydrogen) atoms. The summed E-state index contributed by atoms with van der Waals surface area (Å²) in [5.74, 6) is 0.255. The Morgan fingerprint density at radius 1 is 0.926 bits per heavy atom. The first kappa shape index (κ1) is 19.5. The number of allylic oxidation sites excluding steroid dienone is 1. The van der Waals surface area contributed by atoms with E-state index in [2.05, 4.69) is 59.2 Å². The highest BCUT2D eigenvalue weighted by Crippen LogP contribution is 2.14. The fourth-order valence-corrected chi connectivity index (χ4v) is 3.53. The van der Waals surface area contributed by atoms with Gasteiger partial charge in [0, 0.05) is 45.7 Å². The number of Topliss-reactive ketones (excluding diaryl/α,β-unsaturated/α-hetero) is 1. The van der Waals surface area contributed by atoms with E-state index in [0.29, 0.717) is 6.42 Å². The summed E-state index contributed by atoms with van der Waals surface area (Å²) in [6, 6.07) is 18.8. The molecule has 1 fully saturated rings. The monoisotopic (exact) mass is 362 g/mol. The Balaban J connectivity index is 1.43. The number of ketones is 1. The van der Waals surface area contributed by atoms with Crippen LogP contribution in [0, 0.1) is 6.92 Å². The third kappa shape index (κ3) is 5.88. The van der Waals surface area contributed by atoms with Crippen molar-refractivity contribution in [3.05, 3.63) is 76.9 Å². The third-order valence-electron chi connectivity index (χ3n) is 5.37. The molecule has 0 unspecified atom stereocenters. The SMILES string of the molecule is C/C(=C\c1ccccc1C)C(=O)CCN1CCN(Cc2ccccc2)CC1. The van der Waals surface area contributed by atoms with Crippen molar-refractivity contribution in [1.82, 2.24) is 9.80 Å². The minimum absolute atomic E-state index is 0.255. The van der Waals surface area contributed by atoms with Gasteiger partial charge in [-0.2, -0.15) is 0 Å². The predicted octanol–water partition coefficient (Wildman–Crippen LogP) is 4.18. The number of carbonyl (C=O) groups is 1. The van der Waals surface area contributed by atoms with Gasteiger partial charge in [-0.15, -0.1) is 0 Å². The van der Waals surface area contributed by atoms with Gasteiger partial charge in [0.05, 0.1) is 0 Å². The number of rotatable bonds is 7. The van der Waals surface area contributed by atoms with Gasteiger partial charge in [-0.1, -0.05) is 54.6 Å². The maximum Gasteiger partial charge on any atom is 0.159 e. The molecular weight excluding hydrogens is 332 g/mol. The Morgan fingerprint density at radius 2 is 1.56 bits per heavy atom. The van der Waals surface area contributed by atoms with Crippen LogP contribution in [0.1, 0.15) is 30.0 Å². The van der Waals surface area contributed by atoms with E-state index in [1.807, 2.05) is 25.1 Å². The first-order chi connectivity index (χ1) is 13.1. The summed E-state index contributed by atoms with van der Waals surface area (Å²) in [5, 5.41) is 0. The molecule has 1 saturated heterocycles. The fraction of sp³-hybridized carbons (Fsp3) is 0.375. The van der Waals surface area contributed by atoms with Crippen LogP contribution in [0.4, 0.5) is 0 Å². The number of hydrogen-bond donors (Lipinski definition) is 0. The molecule has 1 aliphatic heterocycles. The van der Waals surface area contributed by atoms with Crippen molar-refractivity contribution in [3.8, 4) is 0 Å². The molecule has 0 aliphatic carbocycles. The summed E-state index contributed by atoms with van der Waals surface area (Å²) in [7, 11) is 0. The van der Waals surface area contributed by atoms with Gasteiger partial charge in [0.2, 0.25) is 0 Å². The van der Waals surface area contributed by atoms with Crippen LogP contribution in [0.25, 0.3) is 6.08 Å². The van der Waals surface area contributed by atoms with E-state index >= 15 is 0 Å². The zero-order chi connectivity index (χ0) is 19.1. The maximum absolute atomic E-state index is 12.5. The lowest BCUT2D eigenvalue weighted by molar-refractivity contribution is -0.115. The summed E-state index contributed by atoms with van der Waals surface area (Å²) in [6.07, 6.45) is 2.63. The van der Waals surface area contributed by atoms with Crippen LogP contribution >= 0.6 is 0 Å². The predicted molar refractivity (Wildman–Crippen MR) is 113 cm³/mol. The van der Waals surface area contributed by atoms with Gasteiger partial charge in [0.25, 0.3) is 0 Å².